The highest BCUT2D eigenvalue weighted by molar-refractivity contribution is 7.32. The first-order valence-corrected chi connectivity index (χ1v) is 23.7. The molecule has 0 radical (unpaired) electrons. The van der Waals surface area contributed by atoms with Crippen LogP contribution < -0.4 is 20.0 Å². The van der Waals surface area contributed by atoms with E-state index in [0.29, 0.717) is 0 Å². The highest BCUT2D eigenvalue weighted by Crippen LogP contribution is 2.50. The molecule has 312 valence electrons. The fourth-order valence-corrected chi connectivity index (χ4v) is 12.1. The molecule has 0 saturated heterocycles. The molecule has 2 aromatic heterocycles. The summed E-state index contributed by atoms with van der Waals surface area (Å²) in [6.07, 6.45) is 3.26. The first-order chi connectivity index (χ1) is 32.6. The average molecular weight is 862 g/mol. The number of nitrogens with zero attached hydrogens (tertiary/aromatic N) is 3. The van der Waals surface area contributed by atoms with E-state index in [-0.39, 0.29) is 6.85 Å². The average Bonchev–Trinajstić information content (AvgIpc) is 3.92. The second kappa shape index (κ2) is 15.4. The molecule has 66 heavy (non-hydrogen) atoms. The van der Waals surface area contributed by atoms with E-state index in [2.05, 4.69) is 247 Å². The number of hydrogen-bond donors (Lipinski definition) is 0. The van der Waals surface area contributed by atoms with Crippen molar-refractivity contribution in [3.8, 4) is 16.8 Å². The summed E-state index contributed by atoms with van der Waals surface area (Å²) in [5.41, 5.74) is 21.1. The van der Waals surface area contributed by atoms with Gasteiger partial charge in [-0.3, -0.25) is 0 Å². The van der Waals surface area contributed by atoms with E-state index in [4.69, 9.17) is 0 Å². The highest BCUT2D eigenvalue weighted by atomic mass is 32.1. The van der Waals surface area contributed by atoms with Gasteiger partial charge in [0.05, 0.1) is 16.7 Å². The lowest BCUT2D eigenvalue weighted by Gasteiger charge is -2.41. The molecule has 2 aliphatic rings. The lowest BCUT2D eigenvalue weighted by atomic mass is 9.47. The second-order valence-corrected chi connectivity index (χ2v) is 18.9. The van der Waals surface area contributed by atoms with Crippen LogP contribution in [-0.2, 0) is 6.42 Å². The molecule has 11 aromatic rings. The molecule has 2 aliphatic heterocycles. The number of aryl methyl sites for hydroxylation is 2. The first kappa shape index (κ1) is 38.6. The van der Waals surface area contributed by atoms with Crippen LogP contribution in [0.15, 0.2) is 212 Å². The van der Waals surface area contributed by atoms with Crippen molar-refractivity contribution in [1.82, 2.24) is 4.57 Å². The third kappa shape index (κ3) is 6.11. The van der Waals surface area contributed by atoms with Crippen LogP contribution in [-0.4, -0.2) is 11.4 Å². The Balaban J connectivity index is 1.09. The molecule has 3 nitrogen and oxygen atoms in total. The van der Waals surface area contributed by atoms with Gasteiger partial charge >= 0.3 is 6.85 Å². The van der Waals surface area contributed by atoms with Crippen molar-refractivity contribution in [3.63, 3.8) is 0 Å². The zero-order valence-electron chi connectivity index (χ0n) is 36.8. The maximum Gasteiger partial charge on any atom is 0.343 e. The van der Waals surface area contributed by atoms with Gasteiger partial charge in [0.25, 0.3) is 0 Å². The standard InChI is InChI=1S/C61H44BN3S/c1-40-27-30-48(31-28-40)65-55-39-49(63(46-21-11-5-12-22-46)47-23-13-6-14-24-47)32-33-50(55)52-35-41(2)57-51-25-15-16-26-54(51)64-59-53-38-43(29-34-56(53)66-61(59)62(65)58(52)60(57)64)37-45(44-19-9-4-10-20-44)36-42-17-7-3-8-18-42/h3-35,37-39H,36H2,1-2H3/b45-37-. The lowest BCUT2D eigenvalue weighted by molar-refractivity contribution is 1.20. The zero-order valence-corrected chi connectivity index (χ0v) is 37.6. The van der Waals surface area contributed by atoms with Crippen LogP contribution in [0, 0.1) is 13.8 Å². The van der Waals surface area contributed by atoms with Crippen LogP contribution in [0.25, 0.3) is 60.4 Å². The molecular weight excluding hydrogens is 818 g/mol. The molecule has 0 unspecified atom stereocenters. The van der Waals surface area contributed by atoms with Gasteiger partial charge in [-0.2, -0.15) is 0 Å². The fraction of sp³-hybridized carbons (Fsp3) is 0.0492. The summed E-state index contributed by atoms with van der Waals surface area (Å²) >= 11 is 1.95. The predicted octanol–water partition coefficient (Wildman–Crippen LogP) is 15.1. The molecule has 0 bridgehead atoms. The number of thiophene rings is 1. The molecule has 4 heterocycles. The van der Waals surface area contributed by atoms with E-state index in [9.17, 15) is 0 Å². The minimum absolute atomic E-state index is 0.0726. The Hall–Kier alpha value is -7.86. The van der Waals surface area contributed by atoms with Crippen molar-refractivity contribution < 1.29 is 0 Å². The van der Waals surface area contributed by atoms with Gasteiger partial charge in [-0.15, -0.1) is 11.3 Å². The van der Waals surface area contributed by atoms with Gasteiger partial charge in [-0.1, -0.05) is 157 Å². The number of hydrogen-bond acceptors (Lipinski definition) is 3. The number of anilines is 5. The number of benzene rings is 9. The van der Waals surface area contributed by atoms with Crippen LogP contribution in [0.4, 0.5) is 28.4 Å². The first-order valence-electron chi connectivity index (χ1n) is 22.9. The molecule has 0 aliphatic carbocycles. The molecule has 0 amide bonds. The largest absolute Gasteiger partial charge is 0.376 e. The van der Waals surface area contributed by atoms with Crippen molar-refractivity contribution in [2.75, 3.05) is 9.71 Å². The molecule has 0 N–H and O–H groups in total. The van der Waals surface area contributed by atoms with Crippen molar-refractivity contribution in [2.45, 2.75) is 20.3 Å². The Morgan fingerprint density at radius 2 is 1.26 bits per heavy atom. The van der Waals surface area contributed by atoms with E-state index in [0.717, 1.165) is 23.5 Å². The zero-order chi connectivity index (χ0) is 43.9. The van der Waals surface area contributed by atoms with Crippen molar-refractivity contribution >= 4 is 100 Å². The molecule has 13 rings (SSSR count). The molecule has 0 fully saturated rings. The number of rotatable bonds is 8. The fourth-order valence-electron chi connectivity index (χ4n) is 10.9. The van der Waals surface area contributed by atoms with Gasteiger partial charge in [-0.05, 0) is 126 Å². The molecule has 5 heteroatoms. The number of para-hydroxylation sites is 3. The van der Waals surface area contributed by atoms with E-state index in [1.54, 1.807) is 0 Å². The molecule has 9 aromatic carbocycles. The Morgan fingerprint density at radius 3 is 1.98 bits per heavy atom. The maximum absolute atomic E-state index is 2.66. The van der Waals surface area contributed by atoms with Crippen LogP contribution in [0.1, 0.15) is 27.8 Å². The van der Waals surface area contributed by atoms with Crippen LogP contribution in [0.3, 0.4) is 0 Å². The van der Waals surface area contributed by atoms with Gasteiger partial charge < -0.3 is 14.3 Å². The van der Waals surface area contributed by atoms with E-state index >= 15 is 0 Å². The van der Waals surface area contributed by atoms with E-state index < -0.39 is 0 Å². The minimum Gasteiger partial charge on any atom is -0.376 e. The minimum atomic E-state index is -0.0726. The van der Waals surface area contributed by atoms with Crippen LogP contribution in [0.5, 0.6) is 0 Å². The summed E-state index contributed by atoms with van der Waals surface area (Å²) in [5, 5.41) is 3.93. The van der Waals surface area contributed by atoms with Crippen molar-refractivity contribution in [1.29, 1.82) is 0 Å². The quantitative estimate of drug-likeness (QED) is 0.111. The second-order valence-electron chi connectivity index (χ2n) is 17.8. The van der Waals surface area contributed by atoms with Gasteiger partial charge in [0.1, 0.15) is 0 Å². The summed E-state index contributed by atoms with van der Waals surface area (Å²) in [6.45, 7) is 4.43. The van der Waals surface area contributed by atoms with Gasteiger partial charge in [0.2, 0.25) is 0 Å². The SMILES string of the molecule is Cc1ccc(N2B3c4sc5ccc(/C=C(/Cc6ccccc6)c6ccccc6)cc5c4-n4c5ccccc5c5c(C)cc(c3c54)-c3ccc(N(c4ccccc4)c4ccccc4)cc32)cc1. The van der Waals surface area contributed by atoms with E-state index in [1.165, 1.54) is 104 Å². The molecular formula is C61H44BN3S. The molecule has 0 spiro atoms. The highest BCUT2D eigenvalue weighted by Gasteiger charge is 2.46. The normalized spacial score (nSPS) is 12.8. The Bertz CT molecular complexity index is 3650. The monoisotopic (exact) mass is 861 g/mol. The van der Waals surface area contributed by atoms with Crippen LogP contribution in [0.2, 0.25) is 0 Å². The van der Waals surface area contributed by atoms with Crippen molar-refractivity contribution in [3.05, 3.63) is 240 Å². The molecule has 0 saturated carbocycles. The lowest BCUT2D eigenvalue weighted by Crippen LogP contribution is -2.59. The maximum atomic E-state index is 2.66. The summed E-state index contributed by atoms with van der Waals surface area (Å²) in [4.78, 5) is 5.05. The van der Waals surface area contributed by atoms with Gasteiger partial charge in [0, 0.05) is 59.6 Å². The van der Waals surface area contributed by atoms with Crippen LogP contribution >= 0.6 is 11.3 Å². The summed E-state index contributed by atoms with van der Waals surface area (Å²) in [7, 11) is 0. The smallest absolute Gasteiger partial charge is 0.343 e. The third-order valence-corrected chi connectivity index (χ3v) is 15.0. The Kier molecular flexibility index (Phi) is 9.01. The number of allylic oxidation sites excluding steroid dienone is 1. The predicted molar refractivity (Wildman–Crippen MR) is 284 cm³/mol. The third-order valence-electron chi connectivity index (χ3n) is 13.7. The Labute approximate surface area is 389 Å². The summed E-state index contributed by atoms with van der Waals surface area (Å²) in [6, 6.07) is 78.3. The van der Waals surface area contributed by atoms with Gasteiger partial charge in [-0.25, -0.2) is 0 Å². The summed E-state index contributed by atoms with van der Waals surface area (Å²) in [5.74, 6) is 0. The van der Waals surface area contributed by atoms with Crippen molar-refractivity contribution in [2.24, 2.45) is 0 Å². The summed E-state index contributed by atoms with van der Waals surface area (Å²) < 4.78 is 5.29. The number of fused-ring (bicyclic) bond motifs is 10. The Morgan fingerprint density at radius 1 is 0.591 bits per heavy atom. The topological polar surface area (TPSA) is 11.4 Å². The van der Waals surface area contributed by atoms with Gasteiger partial charge in [0.15, 0.2) is 0 Å². The number of aromatic nitrogens is 1. The van der Waals surface area contributed by atoms with E-state index in [1.807, 2.05) is 11.3 Å². The molecule has 0 atom stereocenters.